The van der Waals surface area contributed by atoms with Gasteiger partial charge >= 0.3 is 13.5 Å². The number of aliphatic hydroxyl groups is 2. The van der Waals surface area contributed by atoms with Gasteiger partial charge in [-0.2, -0.15) is 0 Å². The first kappa shape index (κ1) is 16.0. The summed E-state index contributed by atoms with van der Waals surface area (Å²) in [6, 6.07) is 0. The highest BCUT2D eigenvalue weighted by Gasteiger charge is 2.45. The van der Waals surface area contributed by atoms with Gasteiger partial charge < -0.3 is 29.7 Å². The normalized spacial score (nSPS) is 29.7. The van der Waals surface area contributed by atoms with E-state index < -0.39 is 50.1 Å². The molecule has 0 spiro atoms. The summed E-state index contributed by atoms with van der Waals surface area (Å²) in [6.07, 6.45) is -4.54. The number of hydrogen-bond donors (Lipinski definition) is 6. The largest absolute Gasteiger partial charge is 0.469 e. The molecule has 118 valence electrons. The minimum atomic E-state index is -4.76. The summed E-state index contributed by atoms with van der Waals surface area (Å²) < 4.78 is 20.0. The Balaban J connectivity index is 2.18. The maximum Gasteiger partial charge on any atom is 0.469 e. The first-order chi connectivity index (χ1) is 9.69. The fraction of sp³-hybridized carbons (Fsp3) is 0.556. The van der Waals surface area contributed by atoms with Gasteiger partial charge in [-0.05, 0) is 0 Å². The van der Waals surface area contributed by atoms with Crippen molar-refractivity contribution < 1.29 is 33.8 Å². The average Bonchev–Trinajstić information content (AvgIpc) is 2.64. The number of aliphatic hydroxyl groups excluding tert-OH is 2. The zero-order valence-corrected chi connectivity index (χ0v) is 11.3. The van der Waals surface area contributed by atoms with E-state index in [0.29, 0.717) is 0 Å². The Labute approximate surface area is 116 Å². The second kappa shape index (κ2) is 5.81. The van der Waals surface area contributed by atoms with Gasteiger partial charge in [-0.1, -0.05) is 0 Å². The third-order valence-corrected chi connectivity index (χ3v) is 3.41. The number of rotatable bonds is 4. The SMILES string of the molecule is O=c1[nH]cc(C2OC(COP(=O)(O)O)[C@@H](O)C2O)c(=O)[nH]1. The summed E-state index contributed by atoms with van der Waals surface area (Å²) in [7, 11) is -4.76. The van der Waals surface area contributed by atoms with Gasteiger partial charge in [0.15, 0.2) is 0 Å². The first-order valence-electron chi connectivity index (χ1n) is 5.72. The molecule has 11 nitrogen and oxygen atoms in total. The Morgan fingerprint density at radius 3 is 2.52 bits per heavy atom. The standard InChI is InChI=1S/C9H13N2O9P/c12-5-4(2-19-21(16,17)18)20-7(6(5)13)3-1-10-9(15)11-8(3)14/h1,4-7,12-13H,2H2,(H2,16,17,18)(H2,10,11,14,15)/t4?,5-,6?,7?/m1/s1. The number of phosphoric ester groups is 1. The quantitative estimate of drug-likeness (QED) is 0.322. The Morgan fingerprint density at radius 2 is 1.95 bits per heavy atom. The van der Waals surface area contributed by atoms with Gasteiger partial charge in [-0.3, -0.25) is 14.3 Å². The van der Waals surface area contributed by atoms with Crippen molar-refractivity contribution in [3.05, 3.63) is 32.6 Å². The van der Waals surface area contributed by atoms with Crippen molar-refractivity contribution in [3.63, 3.8) is 0 Å². The highest BCUT2D eigenvalue weighted by Crippen LogP contribution is 2.38. The zero-order valence-electron chi connectivity index (χ0n) is 10.4. The zero-order chi connectivity index (χ0) is 15.8. The molecule has 0 saturated carbocycles. The molecule has 1 saturated heterocycles. The molecule has 0 amide bonds. The highest BCUT2D eigenvalue weighted by atomic mass is 31.2. The van der Waals surface area contributed by atoms with Gasteiger partial charge in [0.05, 0.1) is 12.2 Å². The fourth-order valence-electron chi connectivity index (χ4n) is 1.95. The van der Waals surface area contributed by atoms with Crippen LogP contribution in [0.15, 0.2) is 15.8 Å². The smallest absolute Gasteiger partial charge is 0.387 e. The predicted octanol–water partition coefficient (Wildman–Crippen LogP) is -2.67. The molecule has 2 heterocycles. The molecule has 2 rings (SSSR count). The summed E-state index contributed by atoms with van der Waals surface area (Å²) >= 11 is 0. The van der Waals surface area contributed by atoms with Crippen LogP contribution in [-0.4, -0.2) is 54.9 Å². The number of aromatic amines is 2. The lowest BCUT2D eigenvalue weighted by Gasteiger charge is -2.14. The molecule has 3 unspecified atom stereocenters. The second-order valence-electron chi connectivity index (χ2n) is 4.39. The van der Waals surface area contributed by atoms with Crippen LogP contribution in [0.4, 0.5) is 0 Å². The molecular weight excluding hydrogens is 311 g/mol. The van der Waals surface area contributed by atoms with Gasteiger partial charge in [0.2, 0.25) is 0 Å². The molecule has 1 aliphatic rings. The van der Waals surface area contributed by atoms with Gasteiger partial charge in [-0.15, -0.1) is 0 Å². The molecule has 0 radical (unpaired) electrons. The molecule has 21 heavy (non-hydrogen) atoms. The van der Waals surface area contributed by atoms with Crippen molar-refractivity contribution in [2.75, 3.05) is 6.61 Å². The molecule has 4 atom stereocenters. The van der Waals surface area contributed by atoms with Crippen molar-refractivity contribution in [1.29, 1.82) is 0 Å². The van der Waals surface area contributed by atoms with E-state index in [0.717, 1.165) is 6.20 Å². The number of hydrogen-bond acceptors (Lipinski definition) is 7. The average molecular weight is 324 g/mol. The van der Waals surface area contributed by atoms with E-state index in [1.54, 1.807) is 0 Å². The summed E-state index contributed by atoms with van der Waals surface area (Å²) in [5.74, 6) is 0. The maximum absolute atomic E-state index is 11.6. The van der Waals surface area contributed by atoms with Crippen LogP contribution in [0.25, 0.3) is 0 Å². The number of phosphoric acid groups is 1. The summed E-state index contributed by atoms with van der Waals surface area (Å²) in [5, 5.41) is 19.6. The molecule has 1 aromatic heterocycles. The molecule has 6 N–H and O–H groups in total. The van der Waals surface area contributed by atoms with E-state index >= 15 is 0 Å². The van der Waals surface area contributed by atoms with Crippen molar-refractivity contribution in [3.8, 4) is 0 Å². The van der Waals surface area contributed by atoms with Gasteiger partial charge in [-0.25, -0.2) is 9.36 Å². The van der Waals surface area contributed by atoms with Crippen LogP contribution in [0, 0.1) is 0 Å². The van der Waals surface area contributed by atoms with Crippen LogP contribution in [0.1, 0.15) is 11.7 Å². The first-order valence-corrected chi connectivity index (χ1v) is 7.25. The molecule has 1 aliphatic heterocycles. The van der Waals surface area contributed by atoms with E-state index in [1.807, 2.05) is 4.98 Å². The lowest BCUT2D eigenvalue weighted by Crippen LogP contribution is -2.34. The van der Waals surface area contributed by atoms with Crippen molar-refractivity contribution in [2.24, 2.45) is 0 Å². The Hall–Kier alpha value is -1.33. The molecule has 1 fully saturated rings. The van der Waals surface area contributed by atoms with E-state index in [-0.39, 0.29) is 5.56 Å². The molecule has 12 heteroatoms. The van der Waals surface area contributed by atoms with Crippen molar-refractivity contribution in [1.82, 2.24) is 9.97 Å². The van der Waals surface area contributed by atoms with Crippen LogP contribution >= 0.6 is 7.82 Å². The summed E-state index contributed by atoms with van der Waals surface area (Å²) in [4.78, 5) is 43.8. The predicted molar refractivity (Wildman–Crippen MR) is 65.3 cm³/mol. The minimum absolute atomic E-state index is 0.139. The number of H-pyrrole nitrogens is 2. The highest BCUT2D eigenvalue weighted by molar-refractivity contribution is 7.46. The third-order valence-electron chi connectivity index (χ3n) is 2.92. The van der Waals surface area contributed by atoms with Gasteiger partial charge in [0.1, 0.15) is 24.4 Å². The molecule has 0 bridgehead atoms. The second-order valence-corrected chi connectivity index (χ2v) is 5.63. The van der Waals surface area contributed by atoms with Crippen LogP contribution in [0.5, 0.6) is 0 Å². The lowest BCUT2D eigenvalue weighted by atomic mass is 10.0. The molecular formula is C9H13N2O9P. The number of ether oxygens (including phenoxy) is 1. The number of nitrogens with one attached hydrogen (secondary N) is 2. The molecule has 0 aromatic carbocycles. The summed E-state index contributed by atoms with van der Waals surface area (Å²) in [6.45, 7) is -0.680. The fourth-order valence-corrected chi connectivity index (χ4v) is 2.29. The van der Waals surface area contributed by atoms with Crippen LogP contribution in [0.3, 0.4) is 0 Å². The molecule has 0 aliphatic carbocycles. The van der Waals surface area contributed by atoms with E-state index in [4.69, 9.17) is 14.5 Å². The van der Waals surface area contributed by atoms with E-state index in [2.05, 4.69) is 9.51 Å². The van der Waals surface area contributed by atoms with Gasteiger partial charge in [0, 0.05) is 6.20 Å². The van der Waals surface area contributed by atoms with Crippen molar-refractivity contribution in [2.45, 2.75) is 24.4 Å². The van der Waals surface area contributed by atoms with Gasteiger partial charge in [0.25, 0.3) is 5.56 Å². The monoisotopic (exact) mass is 324 g/mol. The third kappa shape index (κ3) is 3.66. The Morgan fingerprint density at radius 1 is 1.29 bits per heavy atom. The van der Waals surface area contributed by atoms with E-state index in [1.165, 1.54) is 0 Å². The maximum atomic E-state index is 11.6. The topological polar surface area (TPSA) is 182 Å². The Kier molecular flexibility index (Phi) is 4.44. The Bertz CT molecular complexity index is 664. The van der Waals surface area contributed by atoms with E-state index in [9.17, 15) is 24.4 Å². The lowest BCUT2D eigenvalue weighted by molar-refractivity contribution is -0.0228. The van der Waals surface area contributed by atoms with Crippen LogP contribution < -0.4 is 11.2 Å². The van der Waals surface area contributed by atoms with Crippen LogP contribution in [0.2, 0.25) is 0 Å². The van der Waals surface area contributed by atoms with Crippen LogP contribution in [-0.2, 0) is 13.8 Å². The molecule has 1 aromatic rings. The summed E-state index contributed by atoms with van der Waals surface area (Å²) in [5.41, 5.74) is -1.70. The number of aromatic nitrogens is 2. The minimum Gasteiger partial charge on any atom is -0.387 e. The van der Waals surface area contributed by atoms with Crippen molar-refractivity contribution >= 4 is 7.82 Å².